The van der Waals surface area contributed by atoms with Crippen LogP contribution in [0, 0.1) is 6.92 Å². The summed E-state index contributed by atoms with van der Waals surface area (Å²) in [5.74, 6) is 0.235. The van der Waals surface area contributed by atoms with Gasteiger partial charge in [0.15, 0.2) is 0 Å². The Hall–Kier alpha value is -1.17. The standard InChI is InChI=1S/C16H20N2OS2/c1-3-4-14-16(19)18(7-13-10-21-8-11(13)2)15(17-14)12-5-6-20-9-12/h5-6,8-10,14-15,17H,3-4,7H2,1-2H3. The molecule has 112 valence electrons. The molecular weight excluding hydrogens is 300 g/mol. The van der Waals surface area contributed by atoms with Crippen molar-refractivity contribution >= 4 is 28.6 Å². The van der Waals surface area contributed by atoms with E-state index in [2.05, 4.69) is 46.8 Å². The predicted molar refractivity (Wildman–Crippen MR) is 88.5 cm³/mol. The summed E-state index contributed by atoms with van der Waals surface area (Å²) in [6.45, 7) is 4.94. The van der Waals surface area contributed by atoms with Gasteiger partial charge in [0.25, 0.3) is 0 Å². The number of nitrogens with zero attached hydrogens (tertiary/aromatic N) is 1. The van der Waals surface area contributed by atoms with Crippen molar-refractivity contribution in [3.8, 4) is 0 Å². The second kappa shape index (κ2) is 6.30. The lowest BCUT2D eigenvalue weighted by Crippen LogP contribution is -2.30. The lowest BCUT2D eigenvalue weighted by Gasteiger charge is -2.23. The summed E-state index contributed by atoms with van der Waals surface area (Å²) in [6, 6.07) is 2.07. The first-order chi connectivity index (χ1) is 10.2. The van der Waals surface area contributed by atoms with Gasteiger partial charge in [-0.3, -0.25) is 10.1 Å². The Bertz CT molecular complexity index is 606. The third-order valence-electron chi connectivity index (χ3n) is 3.99. The van der Waals surface area contributed by atoms with Crippen molar-refractivity contribution in [1.29, 1.82) is 0 Å². The first-order valence-electron chi connectivity index (χ1n) is 7.31. The Balaban J connectivity index is 1.86. The number of hydrogen-bond acceptors (Lipinski definition) is 4. The molecule has 3 rings (SSSR count). The smallest absolute Gasteiger partial charge is 0.241 e. The van der Waals surface area contributed by atoms with Gasteiger partial charge in [-0.05, 0) is 57.6 Å². The lowest BCUT2D eigenvalue weighted by atomic mass is 10.1. The molecule has 0 aliphatic carbocycles. The normalized spacial score (nSPS) is 22.2. The lowest BCUT2D eigenvalue weighted by molar-refractivity contribution is -0.130. The van der Waals surface area contributed by atoms with Crippen molar-refractivity contribution in [2.24, 2.45) is 0 Å². The Morgan fingerprint density at radius 2 is 2.14 bits per heavy atom. The summed E-state index contributed by atoms with van der Waals surface area (Å²) >= 11 is 3.38. The molecule has 5 heteroatoms. The van der Waals surface area contributed by atoms with Crippen LogP contribution < -0.4 is 5.32 Å². The number of nitrogens with one attached hydrogen (secondary N) is 1. The number of carbonyl (C=O) groups is 1. The Labute approximate surface area is 133 Å². The van der Waals surface area contributed by atoms with Crippen molar-refractivity contribution in [3.05, 3.63) is 44.3 Å². The third kappa shape index (κ3) is 2.91. The van der Waals surface area contributed by atoms with Crippen LogP contribution in [0.5, 0.6) is 0 Å². The number of rotatable bonds is 5. The monoisotopic (exact) mass is 320 g/mol. The fraction of sp³-hybridized carbons (Fsp3) is 0.438. The molecule has 0 radical (unpaired) electrons. The fourth-order valence-corrected chi connectivity index (χ4v) is 4.31. The SMILES string of the molecule is CCCC1NC(c2ccsc2)N(Cc2cscc2C)C1=O. The first kappa shape index (κ1) is 14.8. The highest BCUT2D eigenvalue weighted by molar-refractivity contribution is 7.08. The highest BCUT2D eigenvalue weighted by Gasteiger charge is 2.39. The highest BCUT2D eigenvalue weighted by Crippen LogP contribution is 2.31. The number of aryl methyl sites for hydroxylation is 1. The van der Waals surface area contributed by atoms with Gasteiger partial charge in [0.05, 0.1) is 6.04 Å². The molecule has 1 amide bonds. The van der Waals surface area contributed by atoms with Crippen LogP contribution in [0.2, 0.25) is 0 Å². The van der Waals surface area contributed by atoms with E-state index in [0.717, 1.165) is 12.8 Å². The largest absolute Gasteiger partial charge is 0.317 e. The zero-order valence-corrected chi connectivity index (χ0v) is 14.0. The highest BCUT2D eigenvalue weighted by atomic mass is 32.1. The summed E-state index contributed by atoms with van der Waals surface area (Å²) in [4.78, 5) is 14.7. The fourth-order valence-electron chi connectivity index (χ4n) is 2.78. The van der Waals surface area contributed by atoms with E-state index in [-0.39, 0.29) is 18.1 Å². The van der Waals surface area contributed by atoms with E-state index >= 15 is 0 Å². The minimum atomic E-state index is -0.0427. The molecule has 3 heterocycles. The maximum Gasteiger partial charge on any atom is 0.241 e. The van der Waals surface area contributed by atoms with Gasteiger partial charge < -0.3 is 4.90 Å². The van der Waals surface area contributed by atoms with E-state index in [0.29, 0.717) is 6.54 Å². The van der Waals surface area contributed by atoms with E-state index in [4.69, 9.17) is 0 Å². The average molecular weight is 320 g/mol. The van der Waals surface area contributed by atoms with Gasteiger partial charge in [0, 0.05) is 6.54 Å². The molecule has 1 N–H and O–H groups in total. The molecule has 0 spiro atoms. The molecule has 0 aromatic carbocycles. The van der Waals surface area contributed by atoms with Crippen LogP contribution in [0.4, 0.5) is 0 Å². The van der Waals surface area contributed by atoms with E-state index in [1.54, 1.807) is 22.7 Å². The topological polar surface area (TPSA) is 32.3 Å². The molecule has 0 saturated carbocycles. The Kier molecular flexibility index (Phi) is 4.42. The molecule has 21 heavy (non-hydrogen) atoms. The zero-order chi connectivity index (χ0) is 14.8. The van der Waals surface area contributed by atoms with Crippen LogP contribution in [0.1, 0.15) is 42.6 Å². The maximum atomic E-state index is 12.7. The van der Waals surface area contributed by atoms with Crippen molar-refractivity contribution in [2.75, 3.05) is 0 Å². The molecule has 1 aliphatic heterocycles. The summed E-state index contributed by atoms with van der Waals surface area (Å²) < 4.78 is 0. The number of carbonyl (C=O) groups excluding carboxylic acids is 1. The molecular formula is C16H20N2OS2. The predicted octanol–water partition coefficient (Wildman–Crippen LogP) is 3.92. The minimum Gasteiger partial charge on any atom is -0.317 e. The van der Waals surface area contributed by atoms with Crippen molar-refractivity contribution < 1.29 is 4.79 Å². The van der Waals surface area contributed by atoms with Crippen LogP contribution in [-0.4, -0.2) is 16.8 Å². The molecule has 2 aromatic heterocycles. The van der Waals surface area contributed by atoms with E-state index in [9.17, 15) is 4.79 Å². The van der Waals surface area contributed by atoms with E-state index in [1.165, 1.54) is 16.7 Å². The second-order valence-corrected chi connectivity index (χ2v) is 7.04. The molecule has 1 fully saturated rings. The zero-order valence-electron chi connectivity index (χ0n) is 12.3. The summed E-state index contributed by atoms with van der Waals surface area (Å²) in [5, 5.41) is 12.0. The second-order valence-electron chi connectivity index (χ2n) is 5.51. The molecule has 1 aliphatic rings. The van der Waals surface area contributed by atoms with Gasteiger partial charge in [-0.15, -0.1) is 0 Å². The minimum absolute atomic E-state index is 0.0135. The van der Waals surface area contributed by atoms with E-state index in [1.807, 2.05) is 4.90 Å². The van der Waals surface area contributed by atoms with Crippen LogP contribution >= 0.6 is 22.7 Å². The van der Waals surface area contributed by atoms with Crippen LogP contribution in [-0.2, 0) is 11.3 Å². The Morgan fingerprint density at radius 1 is 1.29 bits per heavy atom. The van der Waals surface area contributed by atoms with Gasteiger partial charge in [-0.25, -0.2) is 0 Å². The van der Waals surface area contributed by atoms with Gasteiger partial charge in [0.1, 0.15) is 6.17 Å². The van der Waals surface area contributed by atoms with Crippen LogP contribution in [0.25, 0.3) is 0 Å². The van der Waals surface area contributed by atoms with Gasteiger partial charge in [-0.1, -0.05) is 13.3 Å². The summed E-state index contributed by atoms with van der Waals surface area (Å²) in [5.41, 5.74) is 3.73. The number of thiophene rings is 2. The van der Waals surface area contributed by atoms with Gasteiger partial charge in [-0.2, -0.15) is 22.7 Å². The first-order valence-corrected chi connectivity index (χ1v) is 9.19. The molecule has 3 nitrogen and oxygen atoms in total. The quantitative estimate of drug-likeness (QED) is 0.905. The Morgan fingerprint density at radius 3 is 2.76 bits per heavy atom. The van der Waals surface area contributed by atoms with Crippen molar-refractivity contribution in [1.82, 2.24) is 10.2 Å². The van der Waals surface area contributed by atoms with Crippen molar-refractivity contribution in [2.45, 2.75) is 45.4 Å². The average Bonchev–Trinajstić information content (AvgIpc) is 3.17. The molecule has 2 unspecified atom stereocenters. The van der Waals surface area contributed by atoms with Crippen LogP contribution in [0.15, 0.2) is 27.6 Å². The van der Waals surface area contributed by atoms with Crippen molar-refractivity contribution in [3.63, 3.8) is 0 Å². The summed E-state index contributed by atoms with van der Waals surface area (Å²) in [7, 11) is 0. The summed E-state index contributed by atoms with van der Waals surface area (Å²) in [6.07, 6.45) is 1.93. The molecule has 2 atom stereocenters. The number of hydrogen-bond donors (Lipinski definition) is 1. The van der Waals surface area contributed by atoms with Gasteiger partial charge >= 0.3 is 0 Å². The molecule has 1 saturated heterocycles. The van der Waals surface area contributed by atoms with Crippen LogP contribution in [0.3, 0.4) is 0 Å². The molecule has 0 bridgehead atoms. The third-order valence-corrected chi connectivity index (χ3v) is 5.60. The molecule has 2 aromatic rings. The van der Waals surface area contributed by atoms with Gasteiger partial charge in [0.2, 0.25) is 5.91 Å². The maximum absolute atomic E-state index is 12.7. The number of amides is 1. The van der Waals surface area contributed by atoms with E-state index < -0.39 is 0 Å².